The van der Waals surface area contributed by atoms with Crippen LogP contribution in [0.3, 0.4) is 0 Å². The van der Waals surface area contributed by atoms with Crippen molar-refractivity contribution in [3.8, 4) is 0 Å². The van der Waals surface area contributed by atoms with E-state index in [2.05, 4.69) is 20.1 Å². The number of rotatable bonds is 4. The van der Waals surface area contributed by atoms with Crippen molar-refractivity contribution in [1.82, 2.24) is 29.5 Å². The molecule has 0 aliphatic carbocycles. The molecule has 0 spiro atoms. The molecule has 0 atom stereocenters. The third-order valence-corrected chi connectivity index (χ3v) is 5.47. The Bertz CT molecular complexity index is 1080. The number of para-hydroxylation sites is 1. The molecule has 0 saturated carbocycles. The van der Waals surface area contributed by atoms with Crippen molar-refractivity contribution >= 4 is 33.2 Å². The predicted octanol–water partition coefficient (Wildman–Crippen LogP) is 2.55. The van der Waals surface area contributed by atoms with Gasteiger partial charge in [-0.3, -0.25) is 4.79 Å². The summed E-state index contributed by atoms with van der Waals surface area (Å²) in [5.41, 5.74) is 3.57. The van der Waals surface area contributed by atoms with Gasteiger partial charge in [-0.15, -0.1) is 11.3 Å². The molecule has 26 heavy (non-hydrogen) atoms. The van der Waals surface area contributed by atoms with Crippen LogP contribution in [0, 0.1) is 13.8 Å². The van der Waals surface area contributed by atoms with Crippen LogP contribution >= 0.6 is 11.3 Å². The van der Waals surface area contributed by atoms with E-state index in [1.165, 1.54) is 6.33 Å². The van der Waals surface area contributed by atoms with Gasteiger partial charge in [-0.05, 0) is 26.0 Å². The lowest BCUT2D eigenvalue weighted by molar-refractivity contribution is -0.129. The molecule has 4 rings (SSSR count). The third-order valence-electron chi connectivity index (χ3n) is 4.45. The monoisotopic (exact) mass is 366 g/mol. The molecule has 0 fully saturated rings. The van der Waals surface area contributed by atoms with Gasteiger partial charge in [-0.25, -0.2) is 14.5 Å². The highest BCUT2D eigenvalue weighted by molar-refractivity contribution is 7.18. The SMILES string of the molecule is Cc1nc2ncnn2c(C)c1CC(=O)N(C)Cc1nc2ccccc2s1. The van der Waals surface area contributed by atoms with Gasteiger partial charge in [0.25, 0.3) is 5.78 Å². The van der Waals surface area contributed by atoms with E-state index in [-0.39, 0.29) is 12.3 Å². The Morgan fingerprint density at radius 1 is 1.23 bits per heavy atom. The molecule has 0 aliphatic heterocycles. The molecular weight excluding hydrogens is 348 g/mol. The van der Waals surface area contributed by atoms with Gasteiger partial charge in [-0.1, -0.05) is 12.1 Å². The van der Waals surface area contributed by atoms with Crippen molar-refractivity contribution in [2.45, 2.75) is 26.8 Å². The van der Waals surface area contributed by atoms with Gasteiger partial charge in [-0.2, -0.15) is 10.1 Å². The van der Waals surface area contributed by atoms with Gasteiger partial charge in [0.1, 0.15) is 11.3 Å². The van der Waals surface area contributed by atoms with Crippen LogP contribution in [0.5, 0.6) is 0 Å². The Morgan fingerprint density at radius 2 is 2.04 bits per heavy atom. The van der Waals surface area contributed by atoms with Gasteiger partial charge < -0.3 is 4.90 Å². The summed E-state index contributed by atoms with van der Waals surface area (Å²) < 4.78 is 2.80. The second-order valence-electron chi connectivity index (χ2n) is 6.23. The van der Waals surface area contributed by atoms with Crippen molar-refractivity contribution in [2.75, 3.05) is 7.05 Å². The summed E-state index contributed by atoms with van der Waals surface area (Å²) in [4.78, 5) is 27.6. The summed E-state index contributed by atoms with van der Waals surface area (Å²) in [7, 11) is 1.81. The fourth-order valence-electron chi connectivity index (χ4n) is 2.98. The maximum absolute atomic E-state index is 12.7. The van der Waals surface area contributed by atoms with E-state index < -0.39 is 0 Å². The van der Waals surface area contributed by atoms with Crippen molar-refractivity contribution < 1.29 is 4.79 Å². The molecule has 3 aromatic heterocycles. The normalized spacial score (nSPS) is 11.3. The zero-order valence-corrected chi connectivity index (χ0v) is 15.6. The minimum absolute atomic E-state index is 0.0247. The highest BCUT2D eigenvalue weighted by atomic mass is 32.1. The lowest BCUT2D eigenvalue weighted by Gasteiger charge is -2.17. The summed E-state index contributed by atoms with van der Waals surface area (Å²) in [6.07, 6.45) is 1.75. The second-order valence-corrected chi connectivity index (χ2v) is 7.35. The van der Waals surface area contributed by atoms with E-state index in [0.717, 1.165) is 32.2 Å². The summed E-state index contributed by atoms with van der Waals surface area (Å²) >= 11 is 1.62. The van der Waals surface area contributed by atoms with Crippen LogP contribution in [0.4, 0.5) is 0 Å². The molecule has 0 saturated heterocycles. The van der Waals surface area contributed by atoms with Crippen molar-refractivity contribution in [1.29, 1.82) is 0 Å². The van der Waals surface area contributed by atoms with Crippen molar-refractivity contribution in [3.05, 3.63) is 52.6 Å². The van der Waals surface area contributed by atoms with Crippen LogP contribution in [0.2, 0.25) is 0 Å². The van der Waals surface area contributed by atoms with Crippen LogP contribution in [0.15, 0.2) is 30.6 Å². The number of carbonyl (C=O) groups is 1. The Morgan fingerprint density at radius 3 is 2.85 bits per heavy atom. The van der Waals surface area contributed by atoms with Crippen LogP contribution < -0.4 is 0 Å². The summed E-state index contributed by atoms with van der Waals surface area (Å²) in [6.45, 7) is 4.33. The number of hydrogen-bond acceptors (Lipinski definition) is 6. The molecule has 0 unspecified atom stereocenters. The number of likely N-dealkylation sites (N-methyl/N-ethyl adjacent to an activating group) is 1. The Hall–Kier alpha value is -2.87. The average molecular weight is 366 g/mol. The van der Waals surface area contributed by atoms with Crippen LogP contribution in [-0.4, -0.2) is 42.4 Å². The first kappa shape index (κ1) is 16.6. The molecular formula is C18H18N6OS. The molecule has 8 heteroatoms. The number of thiazole rings is 1. The third kappa shape index (κ3) is 2.92. The fraction of sp³-hybridized carbons (Fsp3) is 0.278. The van der Waals surface area contributed by atoms with Gasteiger partial charge in [0.05, 0.1) is 23.2 Å². The lowest BCUT2D eigenvalue weighted by Crippen LogP contribution is -2.28. The molecule has 1 aromatic carbocycles. The number of nitrogens with zero attached hydrogens (tertiary/aromatic N) is 6. The fourth-order valence-corrected chi connectivity index (χ4v) is 4.00. The molecule has 4 aromatic rings. The average Bonchev–Trinajstić information content (AvgIpc) is 3.24. The Kier molecular flexibility index (Phi) is 4.12. The van der Waals surface area contributed by atoms with E-state index in [1.807, 2.05) is 38.1 Å². The number of aromatic nitrogens is 5. The largest absolute Gasteiger partial charge is 0.339 e. The maximum Gasteiger partial charge on any atom is 0.252 e. The summed E-state index contributed by atoms with van der Waals surface area (Å²) in [6, 6.07) is 8.00. The second kappa shape index (κ2) is 6.45. The topological polar surface area (TPSA) is 76.3 Å². The number of amides is 1. The van der Waals surface area contributed by atoms with Crippen molar-refractivity contribution in [3.63, 3.8) is 0 Å². The number of benzene rings is 1. The molecule has 0 aliphatic rings. The number of aryl methyl sites for hydroxylation is 2. The first-order valence-electron chi connectivity index (χ1n) is 8.27. The van der Waals surface area contributed by atoms with Gasteiger partial charge in [0, 0.05) is 24.0 Å². The van der Waals surface area contributed by atoms with Crippen LogP contribution in [0.1, 0.15) is 22.0 Å². The zero-order valence-electron chi connectivity index (χ0n) is 14.8. The minimum Gasteiger partial charge on any atom is -0.339 e. The molecule has 0 N–H and O–H groups in total. The summed E-state index contributed by atoms with van der Waals surface area (Å²) in [5, 5.41) is 5.10. The maximum atomic E-state index is 12.7. The Labute approximate surface area is 154 Å². The van der Waals surface area contributed by atoms with Crippen molar-refractivity contribution in [2.24, 2.45) is 0 Å². The first-order chi connectivity index (χ1) is 12.5. The molecule has 0 bridgehead atoms. The van der Waals surface area contributed by atoms with Gasteiger partial charge in [0.15, 0.2) is 0 Å². The number of fused-ring (bicyclic) bond motifs is 2. The van der Waals surface area contributed by atoms with E-state index >= 15 is 0 Å². The zero-order chi connectivity index (χ0) is 18.3. The summed E-state index contributed by atoms with van der Waals surface area (Å²) in [5.74, 6) is 0.579. The molecule has 1 amide bonds. The highest BCUT2D eigenvalue weighted by Crippen LogP contribution is 2.23. The van der Waals surface area contributed by atoms with E-state index in [0.29, 0.717) is 12.3 Å². The molecule has 132 valence electrons. The number of hydrogen-bond donors (Lipinski definition) is 0. The number of carbonyl (C=O) groups excluding carboxylic acids is 1. The predicted molar refractivity (Wildman–Crippen MR) is 100 cm³/mol. The molecule has 3 heterocycles. The standard InChI is InChI=1S/C18H18N6OS/c1-11-13(12(2)24-18(21-11)19-10-20-24)8-17(25)23(3)9-16-22-14-6-4-5-7-15(14)26-16/h4-7,10H,8-9H2,1-3H3. The molecule has 0 radical (unpaired) electrons. The van der Waals surface area contributed by atoms with Gasteiger partial charge >= 0.3 is 0 Å². The van der Waals surface area contributed by atoms with E-state index in [4.69, 9.17) is 0 Å². The lowest BCUT2D eigenvalue weighted by atomic mass is 10.1. The highest BCUT2D eigenvalue weighted by Gasteiger charge is 2.18. The van der Waals surface area contributed by atoms with Crippen LogP contribution in [-0.2, 0) is 17.8 Å². The smallest absolute Gasteiger partial charge is 0.252 e. The first-order valence-corrected chi connectivity index (χ1v) is 9.09. The quantitative estimate of drug-likeness (QED) is 0.555. The van der Waals surface area contributed by atoms with E-state index in [1.54, 1.807) is 27.8 Å². The van der Waals surface area contributed by atoms with Gasteiger partial charge in [0.2, 0.25) is 5.91 Å². The van der Waals surface area contributed by atoms with E-state index in [9.17, 15) is 4.79 Å². The van der Waals surface area contributed by atoms with Crippen LogP contribution in [0.25, 0.3) is 16.0 Å². The molecule has 7 nitrogen and oxygen atoms in total. The Balaban J connectivity index is 1.54. The minimum atomic E-state index is 0.0247.